The summed E-state index contributed by atoms with van der Waals surface area (Å²) >= 11 is 7.47. The number of fused-ring (bicyclic) bond motifs is 1. The van der Waals surface area contributed by atoms with Gasteiger partial charge in [0, 0.05) is 28.5 Å². The Hall–Kier alpha value is -2.57. The van der Waals surface area contributed by atoms with E-state index in [-0.39, 0.29) is 5.02 Å². The van der Waals surface area contributed by atoms with E-state index < -0.39 is 5.82 Å². The van der Waals surface area contributed by atoms with Crippen molar-refractivity contribution in [3.05, 3.63) is 64.5 Å². The van der Waals surface area contributed by atoms with Gasteiger partial charge in [0.1, 0.15) is 16.5 Å². The van der Waals surface area contributed by atoms with Gasteiger partial charge < -0.3 is 5.32 Å². The monoisotopic (exact) mass is 370 g/mol. The molecule has 0 fully saturated rings. The molecular weight excluding hydrogens is 359 g/mol. The van der Waals surface area contributed by atoms with Gasteiger partial charge in [0.25, 0.3) is 0 Å². The maximum absolute atomic E-state index is 13.4. The number of aryl methyl sites for hydroxylation is 1. The zero-order chi connectivity index (χ0) is 17.4. The third-order valence-corrected chi connectivity index (χ3v) is 4.85. The molecule has 0 aliphatic rings. The number of rotatable bonds is 3. The van der Waals surface area contributed by atoms with Crippen molar-refractivity contribution in [3.63, 3.8) is 0 Å². The van der Waals surface area contributed by atoms with Crippen LogP contribution in [0.2, 0.25) is 5.02 Å². The second-order valence-electron chi connectivity index (χ2n) is 5.47. The van der Waals surface area contributed by atoms with E-state index in [2.05, 4.69) is 20.3 Å². The van der Waals surface area contributed by atoms with Crippen LogP contribution in [0.1, 0.15) is 4.88 Å². The van der Waals surface area contributed by atoms with Crippen LogP contribution in [-0.2, 0) is 0 Å². The molecule has 124 valence electrons. The molecule has 25 heavy (non-hydrogen) atoms. The van der Waals surface area contributed by atoms with E-state index in [0.29, 0.717) is 17.3 Å². The highest BCUT2D eigenvalue weighted by Gasteiger charge is 2.13. The lowest BCUT2D eigenvalue weighted by molar-refractivity contribution is 0.628. The number of hydrogen-bond donors (Lipinski definition) is 1. The summed E-state index contributed by atoms with van der Waals surface area (Å²) in [6, 6.07) is 10.3. The lowest BCUT2D eigenvalue weighted by Crippen LogP contribution is -1.98. The molecule has 1 N–H and O–H groups in total. The van der Waals surface area contributed by atoms with Crippen LogP contribution in [0, 0.1) is 12.7 Å². The first-order valence-electron chi connectivity index (χ1n) is 7.51. The number of pyridine rings is 1. The Kier molecular flexibility index (Phi) is 4.07. The van der Waals surface area contributed by atoms with E-state index in [1.807, 2.05) is 25.1 Å². The Morgan fingerprint density at radius 1 is 1.16 bits per heavy atom. The largest absolute Gasteiger partial charge is 0.340 e. The Morgan fingerprint density at radius 2 is 2.04 bits per heavy atom. The number of aromatic nitrogens is 3. The van der Waals surface area contributed by atoms with Crippen molar-refractivity contribution < 1.29 is 4.39 Å². The third kappa shape index (κ3) is 3.18. The molecule has 0 aliphatic heterocycles. The molecule has 4 aromatic rings. The van der Waals surface area contributed by atoms with Crippen molar-refractivity contribution in [2.75, 3.05) is 5.32 Å². The summed E-state index contributed by atoms with van der Waals surface area (Å²) in [4.78, 5) is 15.4. The lowest BCUT2D eigenvalue weighted by Gasteiger charge is -2.09. The quantitative estimate of drug-likeness (QED) is 0.510. The number of nitrogens with one attached hydrogen (secondary N) is 1. The van der Waals surface area contributed by atoms with Gasteiger partial charge in [-0.05, 0) is 43.3 Å². The van der Waals surface area contributed by atoms with Crippen LogP contribution in [0.15, 0.2) is 48.8 Å². The highest BCUT2D eigenvalue weighted by molar-refractivity contribution is 7.18. The third-order valence-electron chi connectivity index (χ3n) is 3.62. The van der Waals surface area contributed by atoms with Gasteiger partial charge in [0.05, 0.1) is 10.4 Å². The fourth-order valence-electron chi connectivity index (χ4n) is 2.47. The molecule has 7 heteroatoms. The average Bonchev–Trinajstić information content (AvgIpc) is 2.99. The van der Waals surface area contributed by atoms with E-state index in [4.69, 9.17) is 11.6 Å². The predicted molar refractivity (Wildman–Crippen MR) is 100 cm³/mol. The SMILES string of the molecule is Cc1cc2c(Nc3ccc(F)c(Cl)c3)nc(-c3cccnc3)nc2s1. The van der Waals surface area contributed by atoms with Crippen molar-refractivity contribution in [2.24, 2.45) is 0 Å². The highest BCUT2D eigenvalue weighted by atomic mass is 35.5. The Bertz CT molecular complexity index is 1070. The molecule has 0 aliphatic carbocycles. The van der Waals surface area contributed by atoms with Crippen molar-refractivity contribution in [1.82, 2.24) is 15.0 Å². The molecule has 1 aromatic carbocycles. The van der Waals surface area contributed by atoms with E-state index in [9.17, 15) is 4.39 Å². The van der Waals surface area contributed by atoms with Crippen LogP contribution in [-0.4, -0.2) is 15.0 Å². The molecule has 0 bridgehead atoms. The number of halogens is 2. The van der Waals surface area contributed by atoms with Gasteiger partial charge in [-0.25, -0.2) is 14.4 Å². The molecule has 3 heterocycles. The van der Waals surface area contributed by atoms with E-state index in [0.717, 1.165) is 20.7 Å². The van der Waals surface area contributed by atoms with Crippen molar-refractivity contribution >= 4 is 44.7 Å². The van der Waals surface area contributed by atoms with E-state index >= 15 is 0 Å². The van der Waals surface area contributed by atoms with Gasteiger partial charge in [-0.2, -0.15) is 0 Å². The molecule has 0 saturated carbocycles. The zero-order valence-corrected chi connectivity index (χ0v) is 14.7. The van der Waals surface area contributed by atoms with E-state index in [1.54, 1.807) is 29.8 Å². The number of benzene rings is 1. The van der Waals surface area contributed by atoms with Crippen molar-refractivity contribution in [3.8, 4) is 11.4 Å². The maximum atomic E-state index is 13.4. The average molecular weight is 371 g/mol. The van der Waals surface area contributed by atoms with Crippen molar-refractivity contribution in [1.29, 1.82) is 0 Å². The molecule has 0 amide bonds. The molecule has 0 radical (unpaired) electrons. The smallest absolute Gasteiger partial charge is 0.164 e. The normalized spacial score (nSPS) is 11.0. The minimum atomic E-state index is -0.456. The Morgan fingerprint density at radius 3 is 2.80 bits per heavy atom. The van der Waals surface area contributed by atoms with Gasteiger partial charge in [0.15, 0.2) is 5.82 Å². The number of thiophene rings is 1. The van der Waals surface area contributed by atoms with E-state index in [1.165, 1.54) is 12.1 Å². The summed E-state index contributed by atoms with van der Waals surface area (Å²) in [6.07, 6.45) is 3.43. The van der Waals surface area contributed by atoms with Crippen molar-refractivity contribution in [2.45, 2.75) is 6.92 Å². The number of anilines is 2. The molecule has 4 nitrogen and oxygen atoms in total. The molecule has 0 unspecified atom stereocenters. The molecule has 0 saturated heterocycles. The minimum absolute atomic E-state index is 0.0595. The second-order valence-corrected chi connectivity index (χ2v) is 7.11. The Labute approximate surface area is 152 Å². The summed E-state index contributed by atoms with van der Waals surface area (Å²) < 4.78 is 13.4. The van der Waals surface area contributed by atoms with Crippen LogP contribution in [0.25, 0.3) is 21.6 Å². The van der Waals surface area contributed by atoms with Gasteiger partial charge in [0.2, 0.25) is 0 Å². The predicted octanol–water partition coefficient (Wildman–Crippen LogP) is 5.60. The molecule has 4 rings (SSSR count). The molecular formula is C18H12ClFN4S. The summed E-state index contributed by atoms with van der Waals surface area (Å²) in [5.41, 5.74) is 1.49. The van der Waals surface area contributed by atoms with Crippen LogP contribution < -0.4 is 5.32 Å². The fraction of sp³-hybridized carbons (Fsp3) is 0.0556. The fourth-order valence-corrected chi connectivity index (χ4v) is 3.53. The van der Waals surface area contributed by atoms with Gasteiger partial charge in [-0.3, -0.25) is 4.98 Å². The first kappa shape index (κ1) is 15.9. The van der Waals surface area contributed by atoms with Crippen LogP contribution in [0.5, 0.6) is 0 Å². The summed E-state index contributed by atoms with van der Waals surface area (Å²) in [5, 5.41) is 4.19. The van der Waals surface area contributed by atoms with Crippen LogP contribution in [0.3, 0.4) is 0 Å². The van der Waals surface area contributed by atoms with Crippen LogP contribution in [0.4, 0.5) is 15.9 Å². The number of hydrogen-bond acceptors (Lipinski definition) is 5. The van der Waals surface area contributed by atoms with Gasteiger partial charge in [-0.15, -0.1) is 11.3 Å². The summed E-state index contributed by atoms with van der Waals surface area (Å²) in [5.74, 6) is 0.775. The standard InChI is InChI=1S/C18H12ClFN4S/c1-10-7-13-17(22-12-4-5-15(20)14(19)8-12)23-16(24-18(13)25-10)11-3-2-6-21-9-11/h2-9H,1H3,(H,22,23,24). The zero-order valence-electron chi connectivity index (χ0n) is 13.1. The minimum Gasteiger partial charge on any atom is -0.340 e. The van der Waals surface area contributed by atoms with Crippen LogP contribution >= 0.6 is 22.9 Å². The summed E-state index contributed by atoms with van der Waals surface area (Å²) in [6.45, 7) is 2.02. The molecule has 0 atom stereocenters. The first-order chi connectivity index (χ1) is 12.1. The number of nitrogens with zero attached hydrogens (tertiary/aromatic N) is 3. The Balaban J connectivity index is 1.84. The van der Waals surface area contributed by atoms with Gasteiger partial charge >= 0.3 is 0 Å². The second kappa shape index (κ2) is 6.38. The lowest BCUT2D eigenvalue weighted by atomic mass is 10.2. The van der Waals surface area contributed by atoms with Gasteiger partial charge in [-0.1, -0.05) is 11.6 Å². The molecule has 3 aromatic heterocycles. The molecule has 0 spiro atoms. The highest BCUT2D eigenvalue weighted by Crippen LogP contribution is 2.33. The maximum Gasteiger partial charge on any atom is 0.164 e. The first-order valence-corrected chi connectivity index (χ1v) is 8.70. The summed E-state index contributed by atoms with van der Waals surface area (Å²) in [7, 11) is 0. The topological polar surface area (TPSA) is 50.7 Å².